The third-order valence-corrected chi connectivity index (χ3v) is 3.34. The monoisotopic (exact) mass is 266 g/mol. The van der Waals surface area contributed by atoms with Crippen LogP contribution in [0.1, 0.15) is 56.8 Å². The summed E-state index contributed by atoms with van der Waals surface area (Å²) in [5.41, 5.74) is 0.324. The highest BCUT2D eigenvalue weighted by molar-refractivity contribution is 5.96. The number of carbonyl (C=O) groups is 1. The van der Waals surface area contributed by atoms with Gasteiger partial charge in [0.25, 0.3) is 0 Å². The molecule has 0 bridgehead atoms. The van der Waals surface area contributed by atoms with Gasteiger partial charge in [0.15, 0.2) is 5.78 Å². The van der Waals surface area contributed by atoms with Gasteiger partial charge in [-0.1, -0.05) is 33.1 Å². The second-order valence-electron chi connectivity index (χ2n) is 4.92. The summed E-state index contributed by atoms with van der Waals surface area (Å²) in [5.74, 6) is 0.403. The first-order valence-electron chi connectivity index (χ1n) is 7.01. The minimum atomic E-state index is -0.407. The van der Waals surface area contributed by atoms with Gasteiger partial charge in [0.1, 0.15) is 11.6 Å². The molecule has 0 aliphatic carbocycles. The Labute approximate surface area is 115 Å². The van der Waals surface area contributed by atoms with Crippen LogP contribution in [-0.4, -0.2) is 12.4 Å². The van der Waals surface area contributed by atoms with E-state index >= 15 is 0 Å². The number of ether oxygens (including phenoxy) is 1. The van der Waals surface area contributed by atoms with Gasteiger partial charge in [0.05, 0.1) is 12.2 Å². The third-order valence-electron chi connectivity index (χ3n) is 3.34. The Morgan fingerprint density at radius 1 is 1.37 bits per heavy atom. The second-order valence-corrected chi connectivity index (χ2v) is 4.92. The van der Waals surface area contributed by atoms with Gasteiger partial charge < -0.3 is 4.74 Å². The molecule has 2 nitrogen and oxygen atoms in total. The average Bonchev–Trinajstić information content (AvgIpc) is 2.40. The Morgan fingerprint density at radius 2 is 2.11 bits per heavy atom. The van der Waals surface area contributed by atoms with Crippen molar-refractivity contribution in [2.45, 2.75) is 46.5 Å². The van der Waals surface area contributed by atoms with Crippen molar-refractivity contribution in [2.24, 2.45) is 5.92 Å². The molecule has 1 aromatic rings. The Morgan fingerprint density at radius 3 is 2.68 bits per heavy atom. The molecule has 0 aliphatic heterocycles. The zero-order valence-corrected chi connectivity index (χ0v) is 12.0. The lowest BCUT2D eigenvalue weighted by Crippen LogP contribution is -2.13. The number of benzene rings is 1. The van der Waals surface area contributed by atoms with Gasteiger partial charge in [0, 0.05) is 0 Å². The molecule has 106 valence electrons. The van der Waals surface area contributed by atoms with Crippen LogP contribution in [0.15, 0.2) is 18.2 Å². The molecule has 0 aromatic heterocycles. The van der Waals surface area contributed by atoms with Crippen molar-refractivity contribution in [3.63, 3.8) is 0 Å². The number of ketones is 1. The van der Waals surface area contributed by atoms with Crippen LogP contribution in [0.25, 0.3) is 0 Å². The predicted molar refractivity (Wildman–Crippen MR) is 75.2 cm³/mol. The zero-order chi connectivity index (χ0) is 14.3. The molecule has 0 saturated heterocycles. The van der Waals surface area contributed by atoms with E-state index in [1.165, 1.54) is 31.9 Å². The summed E-state index contributed by atoms with van der Waals surface area (Å²) in [6, 6.07) is 4.11. The van der Waals surface area contributed by atoms with Crippen LogP contribution in [0.4, 0.5) is 4.39 Å². The van der Waals surface area contributed by atoms with Gasteiger partial charge >= 0.3 is 0 Å². The van der Waals surface area contributed by atoms with E-state index < -0.39 is 5.82 Å². The number of unbranched alkanes of at least 4 members (excludes halogenated alkanes) is 1. The number of halogens is 1. The standard InChI is InChI=1S/C16H23FO2/c1-4-6-7-13(5-2)11-19-16-9-8-14(17)10-15(16)12(3)18/h8-10,13H,4-7,11H2,1-3H3. The van der Waals surface area contributed by atoms with Gasteiger partial charge in [-0.05, 0) is 37.5 Å². The fourth-order valence-corrected chi connectivity index (χ4v) is 2.01. The van der Waals surface area contributed by atoms with Crippen LogP contribution >= 0.6 is 0 Å². The van der Waals surface area contributed by atoms with Crippen molar-refractivity contribution in [2.75, 3.05) is 6.61 Å². The lowest BCUT2D eigenvalue weighted by atomic mass is 10.0. The van der Waals surface area contributed by atoms with Crippen LogP contribution in [-0.2, 0) is 0 Å². The Bertz CT molecular complexity index is 415. The summed E-state index contributed by atoms with van der Waals surface area (Å²) in [4.78, 5) is 11.5. The van der Waals surface area contributed by atoms with E-state index in [9.17, 15) is 9.18 Å². The molecule has 1 rings (SSSR count). The Hall–Kier alpha value is -1.38. The van der Waals surface area contributed by atoms with Crippen LogP contribution in [0.2, 0.25) is 0 Å². The highest BCUT2D eigenvalue weighted by atomic mass is 19.1. The molecule has 0 radical (unpaired) electrons. The molecular formula is C16H23FO2. The predicted octanol–water partition coefficient (Wildman–Crippen LogP) is 4.62. The highest BCUT2D eigenvalue weighted by Crippen LogP contribution is 2.22. The largest absolute Gasteiger partial charge is 0.493 e. The number of hydrogen-bond donors (Lipinski definition) is 0. The van der Waals surface area contributed by atoms with Crippen LogP contribution < -0.4 is 4.74 Å². The van der Waals surface area contributed by atoms with E-state index in [1.807, 2.05) is 0 Å². The summed E-state index contributed by atoms with van der Waals surface area (Å²) in [7, 11) is 0. The fourth-order valence-electron chi connectivity index (χ4n) is 2.01. The minimum Gasteiger partial charge on any atom is -0.493 e. The smallest absolute Gasteiger partial charge is 0.163 e. The van der Waals surface area contributed by atoms with Crippen molar-refractivity contribution in [3.8, 4) is 5.75 Å². The maximum absolute atomic E-state index is 13.1. The van der Waals surface area contributed by atoms with Gasteiger partial charge in [-0.15, -0.1) is 0 Å². The Balaban J connectivity index is 2.68. The quantitative estimate of drug-likeness (QED) is 0.641. The second kappa shape index (κ2) is 7.93. The van der Waals surface area contributed by atoms with Crippen LogP contribution in [0, 0.1) is 11.7 Å². The summed E-state index contributed by atoms with van der Waals surface area (Å²) in [5, 5.41) is 0. The molecule has 1 atom stereocenters. The fraction of sp³-hybridized carbons (Fsp3) is 0.562. The highest BCUT2D eigenvalue weighted by Gasteiger charge is 2.12. The van der Waals surface area contributed by atoms with Crippen LogP contribution in [0.3, 0.4) is 0 Å². The molecule has 0 aliphatic rings. The summed E-state index contributed by atoms with van der Waals surface area (Å²) in [6.45, 7) is 6.32. The lowest BCUT2D eigenvalue weighted by Gasteiger charge is -2.17. The zero-order valence-electron chi connectivity index (χ0n) is 12.0. The molecule has 19 heavy (non-hydrogen) atoms. The number of Topliss-reactive ketones (excluding diaryl/α,β-unsaturated/α-hetero) is 1. The maximum atomic E-state index is 13.1. The van der Waals surface area contributed by atoms with E-state index in [0.717, 1.165) is 12.8 Å². The first kappa shape index (κ1) is 15.7. The molecule has 0 N–H and O–H groups in total. The number of carbonyl (C=O) groups excluding carboxylic acids is 1. The molecule has 1 aromatic carbocycles. The molecule has 0 heterocycles. The number of hydrogen-bond acceptors (Lipinski definition) is 2. The van der Waals surface area contributed by atoms with Gasteiger partial charge in [-0.3, -0.25) is 4.79 Å². The van der Waals surface area contributed by atoms with E-state index in [4.69, 9.17) is 4.74 Å². The first-order valence-corrected chi connectivity index (χ1v) is 7.01. The van der Waals surface area contributed by atoms with E-state index in [-0.39, 0.29) is 5.78 Å². The topological polar surface area (TPSA) is 26.3 Å². The lowest BCUT2D eigenvalue weighted by molar-refractivity contribution is 0.101. The summed E-state index contributed by atoms with van der Waals surface area (Å²) in [6.07, 6.45) is 4.54. The van der Waals surface area contributed by atoms with Crippen molar-refractivity contribution in [1.29, 1.82) is 0 Å². The third kappa shape index (κ3) is 5.01. The normalized spacial score (nSPS) is 12.2. The van der Waals surface area contributed by atoms with E-state index in [1.54, 1.807) is 6.07 Å². The average molecular weight is 266 g/mol. The van der Waals surface area contributed by atoms with Gasteiger partial charge in [0.2, 0.25) is 0 Å². The molecule has 3 heteroatoms. The molecule has 0 saturated carbocycles. The van der Waals surface area contributed by atoms with Crippen LogP contribution in [0.5, 0.6) is 5.75 Å². The maximum Gasteiger partial charge on any atom is 0.163 e. The Kier molecular flexibility index (Phi) is 6.54. The van der Waals surface area contributed by atoms with Gasteiger partial charge in [-0.25, -0.2) is 4.39 Å². The molecule has 0 amide bonds. The summed E-state index contributed by atoms with van der Waals surface area (Å²) >= 11 is 0. The number of rotatable bonds is 8. The first-order chi connectivity index (χ1) is 9.08. The minimum absolute atomic E-state index is 0.170. The molecule has 0 spiro atoms. The van der Waals surface area contributed by atoms with E-state index in [0.29, 0.717) is 23.8 Å². The van der Waals surface area contributed by atoms with Crippen molar-refractivity contribution >= 4 is 5.78 Å². The molecule has 0 fully saturated rings. The molecular weight excluding hydrogens is 243 g/mol. The van der Waals surface area contributed by atoms with Crippen molar-refractivity contribution in [1.82, 2.24) is 0 Å². The summed E-state index contributed by atoms with van der Waals surface area (Å²) < 4.78 is 18.8. The van der Waals surface area contributed by atoms with Crippen molar-refractivity contribution in [3.05, 3.63) is 29.6 Å². The molecule has 1 unspecified atom stereocenters. The van der Waals surface area contributed by atoms with Gasteiger partial charge in [-0.2, -0.15) is 0 Å². The van der Waals surface area contributed by atoms with E-state index in [2.05, 4.69) is 13.8 Å². The van der Waals surface area contributed by atoms with Crippen molar-refractivity contribution < 1.29 is 13.9 Å². The SMILES string of the molecule is CCCCC(CC)COc1ccc(F)cc1C(C)=O.